The Morgan fingerprint density at radius 1 is 1.42 bits per heavy atom. The van der Waals surface area contributed by atoms with Gasteiger partial charge in [0.2, 0.25) is 0 Å². The lowest BCUT2D eigenvalue weighted by atomic mass is 10.1. The van der Waals surface area contributed by atoms with Crippen molar-refractivity contribution in [3.63, 3.8) is 0 Å². The van der Waals surface area contributed by atoms with Gasteiger partial charge in [-0.25, -0.2) is 4.39 Å². The van der Waals surface area contributed by atoms with Crippen molar-refractivity contribution in [1.29, 1.82) is 0 Å². The number of alkyl halides is 1. The number of rotatable bonds is 3. The van der Waals surface area contributed by atoms with Crippen LogP contribution in [0.1, 0.15) is 34.8 Å². The zero-order valence-corrected chi connectivity index (χ0v) is 13.4. The van der Waals surface area contributed by atoms with Gasteiger partial charge in [-0.05, 0) is 54.4 Å². The van der Waals surface area contributed by atoms with E-state index in [-0.39, 0.29) is 11.2 Å². The zero-order chi connectivity index (χ0) is 14.2. The molecule has 0 amide bonds. The minimum absolute atomic E-state index is 0.0614. The summed E-state index contributed by atoms with van der Waals surface area (Å²) in [4.78, 5) is 0. The molecule has 0 aliphatic rings. The molecule has 1 aromatic heterocycles. The first-order valence-electron chi connectivity index (χ1n) is 6.02. The normalized spacial score (nSPS) is 12.7. The molecule has 1 atom stereocenters. The molecule has 0 bridgehead atoms. The Balaban J connectivity index is 2.33. The molecule has 0 aliphatic carbocycles. The Bertz CT molecular complexity index is 608. The maximum atomic E-state index is 13.2. The third-order valence-electron chi connectivity index (χ3n) is 3.15. The van der Waals surface area contributed by atoms with Crippen LogP contribution in [0, 0.1) is 19.7 Å². The summed E-state index contributed by atoms with van der Waals surface area (Å²) in [5.74, 6) is -0.257. The van der Waals surface area contributed by atoms with E-state index in [1.165, 1.54) is 6.07 Å². The molecule has 0 aliphatic heterocycles. The molecule has 2 aromatic rings. The fraction of sp³-hybridized carbons (Fsp3) is 0.357. The Morgan fingerprint density at radius 2 is 2.11 bits per heavy atom. The molecule has 2 nitrogen and oxygen atoms in total. The number of halogens is 3. The van der Waals surface area contributed by atoms with Crippen molar-refractivity contribution in [2.24, 2.45) is 0 Å². The van der Waals surface area contributed by atoms with E-state index in [1.807, 2.05) is 25.5 Å². The van der Waals surface area contributed by atoms with Gasteiger partial charge in [-0.2, -0.15) is 5.10 Å². The molecule has 5 heteroatoms. The van der Waals surface area contributed by atoms with Crippen LogP contribution in [-0.2, 0) is 6.54 Å². The van der Waals surface area contributed by atoms with Crippen LogP contribution < -0.4 is 0 Å². The van der Waals surface area contributed by atoms with Crippen LogP contribution in [0.4, 0.5) is 4.39 Å². The molecule has 0 saturated carbocycles. The highest BCUT2D eigenvalue weighted by atomic mass is 79.9. The molecule has 2 rings (SSSR count). The van der Waals surface area contributed by atoms with E-state index in [1.54, 1.807) is 12.1 Å². The molecule has 0 fully saturated rings. The summed E-state index contributed by atoms with van der Waals surface area (Å²) in [6.45, 7) is 6.51. The highest BCUT2D eigenvalue weighted by Gasteiger charge is 2.15. The first kappa shape index (κ1) is 14.5. The number of hydrogen-bond acceptors (Lipinski definition) is 1. The Kier molecular flexibility index (Phi) is 4.31. The van der Waals surface area contributed by atoms with Crippen LogP contribution in [-0.4, -0.2) is 9.78 Å². The zero-order valence-electron chi connectivity index (χ0n) is 11.0. The highest BCUT2D eigenvalue weighted by Crippen LogP contribution is 2.27. The van der Waals surface area contributed by atoms with E-state index in [2.05, 4.69) is 21.0 Å². The van der Waals surface area contributed by atoms with Crippen LogP contribution in [0.5, 0.6) is 0 Å². The molecule has 1 unspecified atom stereocenters. The lowest BCUT2D eigenvalue weighted by molar-refractivity contribution is 0.616. The van der Waals surface area contributed by atoms with Crippen molar-refractivity contribution in [3.05, 3.63) is 51.0 Å². The fourth-order valence-electron chi connectivity index (χ4n) is 2.25. The molecular formula is C14H15BrClFN2. The minimum atomic E-state index is -0.257. The average molecular weight is 346 g/mol. The summed E-state index contributed by atoms with van der Waals surface area (Å²) in [6.07, 6.45) is 0. The first-order chi connectivity index (χ1) is 8.90. The lowest BCUT2D eigenvalue weighted by Gasteiger charge is -2.07. The van der Waals surface area contributed by atoms with Gasteiger partial charge < -0.3 is 0 Å². The first-order valence-corrected chi connectivity index (χ1v) is 7.25. The van der Waals surface area contributed by atoms with Gasteiger partial charge in [-0.1, -0.05) is 6.07 Å². The number of benzene rings is 1. The number of aryl methyl sites for hydroxylation is 1. The summed E-state index contributed by atoms with van der Waals surface area (Å²) >= 11 is 9.36. The molecule has 1 aromatic carbocycles. The molecule has 0 N–H and O–H groups in total. The van der Waals surface area contributed by atoms with Crippen LogP contribution in [0.25, 0.3) is 0 Å². The standard InChI is InChI=1S/C14H15BrClFN2/c1-8(16)14-9(2)18-19(10(14)3)7-11-4-5-13(17)12(15)6-11/h4-6,8H,7H2,1-3H3. The molecular weight excluding hydrogens is 331 g/mol. The van der Waals surface area contributed by atoms with Crippen molar-refractivity contribution in [3.8, 4) is 0 Å². The van der Waals surface area contributed by atoms with Gasteiger partial charge in [0.05, 0.1) is 22.1 Å². The monoisotopic (exact) mass is 344 g/mol. The quantitative estimate of drug-likeness (QED) is 0.734. The number of hydrogen-bond donors (Lipinski definition) is 0. The average Bonchev–Trinajstić information content (AvgIpc) is 2.59. The number of nitrogens with zero attached hydrogens (tertiary/aromatic N) is 2. The molecule has 1 heterocycles. The lowest BCUT2D eigenvalue weighted by Crippen LogP contribution is -2.04. The predicted molar refractivity (Wildman–Crippen MR) is 79.2 cm³/mol. The topological polar surface area (TPSA) is 17.8 Å². The third kappa shape index (κ3) is 3.00. The van der Waals surface area contributed by atoms with Crippen molar-refractivity contribution in [2.75, 3.05) is 0 Å². The minimum Gasteiger partial charge on any atom is -0.265 e. The predicted octanol–water partition coefficient (Wildman–Crippen LogP) is 4.75. The molecule has 102 valence electrons. The summed E-state index contributed by atoms with van der Waals surface area (Å²) in [5.41, 5.74) is 4.07. The molecule has 0 spiro atoms. The van der Waals surface area contributed by atoms with Crippen molar-refractivity contribution < 1.29 is 4.39 Å². The van der Waals surface area contributed by atoms with Gasteiger partial charge in [0, 0.05) is 11.3 Å². The van der Waals surface area contributed by atoms with E-state index < -0.39 is 0 Å². The smallest absolute Gasteiger partial charge is 0.137 e. The van der Waals surface area contributed by atoms with Gasteiger partial charge in [-0.3, -0.25) is 4.68 Å². The summed E-state index contributed by atoms with van der Waals surface area (Å²) < 4.78 is 15.6. The van der Waals surface area contributed by atoms with Crippen LogP contribution in [0.2, 0.25) is 0 Å². The SMILES string of the molecule is Cc1nn(Cc2ccc(F)c(Br)c2)c(C)c1C(C)Cl. The Morgan fingerprint density at radius 3 is 2.63 bits per heavy atom. The van der Waals surface area contributed by atoms with E-state index in [0.29, 0.717) is 11.0 Å². The van der Waals surface area contributed by atoms with Crippen molar-refractivity contribution in [2.45, 2.75) is 32.7 Å². The van der Waals surface area contributed by atoms with E-state index in [4.69, 9.17) is 11.6 Å². The highest BCUT2D eigenvalue weighted by molar-refractivity contribution is 9.10. The maximum Gasteiger partial charge on any atom is 0.137 e. The van der Waals surface area contributed by atoms with Crippen molar-refractivity contribution in [1.82, 2.24) is 9.78 Å². The van der Waals surface area contributed by atoms with Crippen LogP contribution in [0.15, 0.2) is 22.7 Å². The molecule has 0 saturated heterocycles. The Labute approximate surface area is 125 Å². The molecule has 0 radical (unpaired) electrons. The molecule has 19 heavy (non-hydrogen) atoms. The summed E-state index contributed by atoms with van der Waals surface area (Å²) in [5, 5.41) is 4.44. The van der Waals surface area contributed by atoms with Crippen LogP contribution >= 0.6 is 27.5 Å². The Hall–Kier alpha value is -0.870. The second-order valence-electron chi connectivity index (χ2n) is 4.61. The second-order valence-corrected chi connectivity index (χ2v) is 6.12. The van der Waals surface area contributed by atoms with E-state index in [9.17, 15) is 4.39 Å². The summed E-state index contributed by atoms with van der Waals surface area (Å²) in [6, 6.07) is 4.99. The van der Waals surface area contributed by atoms with Crippen molar-refractivity contribution >= 4 is 27.5 Å². The second kappa shape index (κ2) is 5.63. The van der Waals surface area contributed by atoms with E-state index in [0.717, 1.165) is 22.5 Å². The largest absolute Gasteiger partial charge is 0.265 e. The van der Waals surface area contributed by atoms with Gasteiger partial charge >= 0.3 is 0 Å². The van der Waals surface area contributed by atoms with Gasteiger partial charge in [0.25, 0.3) is 0 Å². The van der Waals surface area contributed by atoms with Gasteiger partial charge in [0.1, 0.15) is 5.82 Å². The number of aromatic nitrogens is 2. The fourth-order valence-corrected chi connectivity index (χ4v) is 2.99. The van der Waals surface area contributed by atoms with Gasteiger partial charge in [-0.15, -0.1) is 11.6 Å². The van der Waals surface area contributed by atoms with Gasteiger partial charge in [0.15, 0.2) is 0 Å². The maximum absolute atomic E-state index is 13.2. The third-order valence-corrected chi connectivity index (χ3v) is 3.98. The summed E-state index contributed by atoms with van der Waals surface area (Å²) in [7, 11) is 0. The van der Waals surface area contributed by atoms with E-state index >= 15 is 0 Å². The van der Waals surface area contributed by atoms with Crippen LogP contribution in [0.3, 0.4) is 0 Å².